The highest BCUT2D eigenvalue weighted by Crippen LogP contribution is 2.30. The maximum atomic E-state index is 11.4. The smallest absolute Gasteiger partial charge is 0.315 e. The quantitative estimate of drug-likeness (QED) is 0.857. The molecule has 1 aliphatic rings. The van der Waals surface area contributed by atoms with Crippen molar-refractivity contribution in [2.45, 2.75) is 26.4 Å². The second-order valence-corrected chi connectivity index (χ2v) is 4.46. The van der Waals surface area contributed by atoms with Gasteiger partial charge in [-0.3, -0.25) is 0 Å². The molecule has 2 amide bonds. The van der Waals surface area contributed by atoms with E-state index in [4.69, 9.17) is 9.47 Å². The van der Waals surface area contributed by atoms with Crippen molar-refractivity contribution in [2.75, 3.05) is 13.2 Å². The minimum Gasteiger partial charge on any atom is -0.486 e. The fraction of sp³-hybridized carbons (Fsp3) is 0.462. The monoisotopic (exact) mass is 250 g/mol. The van der Waals surface area contributed by atoms with Gasteiger partial charge in [0.05, 0.1) is 0 Å². The number of benzene rings is 1. The first-order valence-corrected chi connectivity index (χ1v) is 6.08. The maximum Gasteiger partial charge on any atom is 0.315 e. The Labute approximate surface area is 106 Å². The van der Waals surface area contributed by atoms with Crippen LogP contribution in [0.2, 0.25) is 0 Å². The first-order valence-electron chi connectivity index (χ1n) is 6.08. The van der Waals surface area contributed by atoms with Crippen molar-refractivity contribution in [3.63, 3.8) is 0 Å². The molecule has 0 radical (unpaired) electrons. The van der Waals surface area contributed by atoms with Crippen LogP contribution in [0.3, 0.4) is 0 Å². The molecule has 1 aromatic rings. The molecule has 0 atom stereocenters. The summed E-state index contributed by atoms with van der Waals surface area (Å²) in [6.45, 7) is 5.46. The van der Waals surface area contributed by atoms with Gasteiger partial charge in [0.2, 0.25) is 0 Å². The SMILES string of the molecule is CC(C)NC(=O)NCc1ccc2c(c1)OCCO2. The number of fused-ring (bicyclic) bond motifs is 1. The molecular formula is C13H18N2O3. The lowest BCUT2D eigenvalue weighted by atomic mass is 10.2. The van der Waals surface area contributed by atoms with E-state index in [0.717, 1.165) is 17.1 Å². The van der Waals surface area contributed by atoms with E-state index in [1.54, 1.807) is 0 Å². The molecule has 0 saturated carbocycles. The number of hydrogen-bond acceptors (Lipinski definition) is 3. The van der Waals surface area contributed by atoms with E-state index < -0.39 is 0 Å². The predicted octanol–water partition coefficient (Wildman–Crippen LogP) is 1.67. The molecule has 5 heteroatoms. The number of urea groups is 1. The third-order valence-corrected chi connectivity index (χ3v) is 2.48. The van der Waals surface area contributed by atoms with Crippen LogP contribution in [0.5, 0.6) is 11.5 Å². The van der Waals surface area contributed by atoms with Gasteiger partial charge in [-0.1, -0.05) is 6.07 Å². The maximum absolute atomic E-state index is 11.4. The molecule has 1 aliphatic heterocycles. The van der Waals surface area contributed by atoms with Gasteiger partial charge in [-0.15, -0.1) is 0 Å². The molecule has 1 aromatic carbocycles. The van der Waals surface area contributed by atoms with Crippen LogP contribution in [0.15, 0.2) is 18.2 Å². The van der Waals surface area contributed by atoms with Crippen molar-refractivity contribution in [3.05, 3.63) is 23.8 Å². The Morgan fingerprint density at radius 1 is 1.28 bits per heavy atom. The molecule has 5 nitrogen and oxygen atoms in total. The number of ether oxygens (including phenoxy) is 2. The number of amides is 2. The molecular weight excluding hydrogens is 232 g/mol. The van der Waals surface area contributed by atoms with E-state index in [9.17, 15) is 4.79 Å². The van der Waals surface area contributed by atoms with E-state index in [0.29, 0.717) is 19.8 Å². The molecule has 0 bridgehead atoms. The predicted molar refractivity (Wildman–Crippen MR) is 67.9 cm³/mol. The number of hydrogen-bond donors (Lipinski definition) is 2. The van der Waals surface area contributed by atoms with Crippen LogP contribution in [-0.4, -0.2) is 25.3 Å². The molecule has 0 fully saturated rings. The van der Waals surface area contributed by atoms with Crippen LogP contribution >= 0.6 is 0 Å². The zero-order chi connectivity index (χ0) is 13.0. The van der Waals surface area contributed by atoms with Crippen LogP contribution in [0.1, 0.15) is 19.4 Å². The van der Waals surface area contributed by atoms with Crippen molar-refractivity contribution < 1.29 is 14.3 Å². The van der Waals surface area contributed by atoms with Gasteiger partial charge < -0.3 is 20.1 Å². The molecule has 2 N–H and O–H groups in total. The lowest BCUT2D eigenvalue weighted by Crippen LogP contribution is -2.39. The fourth-order valence-corrected chi connectivity index (χ4v) is 1.69. The Balaban J connectivity index is 1.92. The van der Waals surface area contributed by atoms with Crippen molar-refractivity contribution >= 4 is 6.03 Å². The average Bonchev–Trinajstić information content (AvgIpc) is 2.35. The van der Waals surface area contributed by atoms with Gasteiger partial charge in [0.1, 0.15) is 13.2 Å². The second-order valence-electron chi connectivity index (χ2n) is 4.46. The van der Waals surface area contributed by atoms with Crippen molar-refractivity contribution in [2.24, 2.45) is 0 Å². The van der Waals surface area contributed by atoms with E-state index in [2.05, 4.69) is 10.6 Å². The number of rotatable bonds is 3. The van der Waals surface area contributed by atoms with Crippen molar-refractivity contribution in [3.8, 4) is 11.5 Å². The van der Waals surface area contributed by atoms with Crippen LogP contribution < -0.4 is 20.1 Å². The molecule has 0 unspecified atom stereocenters. The van der Waals surface area contributed by atoms with Crippen LogP contribution in [-0.2, 0) is 6.54 Å². The topological polar surface area (TPSA) is 59.6 Å². The summed E-state index contributed by atoms with van der Waals surface area (Å²) in [6.07, 6.45) is 0. The van der Waals surface area contributed by atoms with E-state index in [1.807, 2.05) is 32.0 Å². The largest absolute Gasteiger partial charge is 0.486 e. The van der Waals surface area contributed by atoms with Gasteiger partial charge >= 0.3 is 6.03 Å². The summed E-state index contributed by atoms with van der Waals surface area (Å²) in [4.78, 5) is 11.4. The molecule has 0 aliphatic carbocycles. The molecule has 0 spiro atoms. The van der Waals surface area contributed by atoms with Crippen LogP contribution in [0, 0.1) is 0 Å². The summed E-state index contributed by atoms with van der Waals surface area (Å²) in [5, 5.41) is 5.56. The fourth-order valence-electron chi connectivity index (χ4n) is 1.69. The lowest BCUT2D eigenvalue weighted by Gasteiger charge is -2.19. The summed E-state index contributed by atoms with van der Waals surface area (Å²) in [7, 11) is 0. The normalized spacial score (nSPS) is 13.3. The van der Waals surface area contributed by atoms with E-state index in [-0.39, 0.29) is 12.1 Å². The van der Waals surface area contributed by atoms with Gasteiger partial charge in [-0.05, 0) is 31.5 Å². The third-order valence-electron chi connectivity index (χ3n) is 2.48. The lowest BCUT2D eigenvalue weighted by molar-refractivity contribution is 0.171. The first kappa shape index (κ1) is 12.5. The Kier molecular flexibility index (Phi) is 3.92. The Morgan fingerprint density at radius 2 is 2.00 bits per heavy atom. The van der Waals surface area contributed by atoms with Gasteiger partial charge in [-0.25, -0.2) is 4.79 Å². The van der Waals surface area contributed by atoms with Gasteiger partial charge in [0.15, 0.2) is 11.5 Å². The van der Waals surface area contributed by atoms with Crippen molar-refractivity contribution in [1.82, 2.24) is 10.6 Å². The first-order chi connectivity index (χ1) is 8.65. The van der Waals surface area contributed by atoms with Crippen molar-refractivity contribution in [1.29, 1.82) is 0 Å². The van der Waals surface area contributed by atoms with Gasteiger partial charge in [0, 0.05) is 12.6 Å². The average molecular weight is 250 g/mol. The summed E-state index contributed by atoms with van der Waals surface area (Å²) >= 11 is 0. The van der Waals surface area contributed by atoms with Crippen LogP contribution in [0.25, 0.3) is 0 Å². The number of carbonyl (C=O) groups is 1. The zero-order valence-electron chi connectivity index (χ0n) is 10.7. The molecule has 98 valence electrons. The molecule has 1 heterocycles. The van der Waals surface area contributed by atoms with E-state index in [1.165, 1.54) is 0 Å². The molecule has 0 aromatic heterocycles. The third kappa shape index (κ3) is 3.29. The molecule has 18 heavy (non-hydrogen) atoms. The van der Waals surface area contributed by atoms with Crippen LogP contribution in [0.4, 0.5) is 4.79 Å². The molecule has 2 rings (SSSR count). The van der Waals surface area contributed by atoms with Gasteiger partial charge in [0.25, 0.3) is 0 Å². The van der Waals surface area contributed by atoms with Gasteiger partial charge in [-0.2, -0.15) is 0 Å². The highest BCUT2D eigenvalue weighted by atomic mass is 16.6. The summed E-state index contributed by atoms with van der Waals surface area (Å²) in [6, 6.07) is 5.64. The standard InChI is InChI=1S/C13H18N2O3/c1-9(2)15-13(16)14-8-10-3-4-11-12(7-10)18-6-5-17-11/h3-4,7,9H,5-6,8H2,1-2H3,(H2,14,15,16). The summed E-state index contributed by atoms with van der Waals surface area (Å²) in [5.74, 6) is 1.50. The Bertz CT molecular complexity index is 432. The second kappa shape index (κ2) is 5.62. The zero-order valence-corrected chi connectivity index (χ0v) is 10.7. The highest BCUT2D eigenvalue weighted by molar-refractivity contribution is 5.74. The highest BCUT2D eigenvalue weighted by Gasteiger charge is 2.11. The number of nitrogens with one attached hydrogen (secondary N) is 2. The number of carbonyl (C=O) groups excluding carboxylic acids is 1. The van der Waals surface area contributed by atoms with E-state index >= 15 is 0 Å². The minimum absolute atomic E-state index is 0.130. The minimum atomic E-state index is -0.167. The molecule has 0 saturated heterocycles. The Morgan fingerprint density at radius 3 is 2.72 bits per heavy atom. The summed E-state index contributed by atoms with van der Waals surface area (Å²) in [5.41, 5.74) is 0.984. The summed E-state index contributed by atoms with van der Waals surface area (Å²) < 4.78 is 10.9. The Hall–Kier alpha value is -1.91.